The highest BCUT2D eigenvalue weighted by Gasteiger charge is 2.24. The molecule has 0 N–H and O–H groups in total. The second kappa shape index (κ2) is 6.95. The number of hydrogen-bond donors (Lipinski definition) is 0. The molecule has 21 heavy (non-hydrogen) atoms. The molecular formula is C16H26BrN3O. The smallest absolute Gasteiger partial charge is 0.268 e. The van der Waals surface area contributed by atoms with Gasteiger partial charge in [-0.3, -0.25) is 4.79 Å². The molecule has 1 aromatic heterocycles. The minimum Gasteiger partial charge on any atom is -0.370 e. The number of alkyl halides is 1. The molecule has 0 amide bonds. The summed E-state index contributed by atoms with van der Waals surface area (Å²) < 4.78 is 1.60. The van der Waals surface area contributed by atoms with Crippen molar-refractivity contribution in [3.63, 3.8) is 0 Å². The van der Waals surface area contributed by atoms with Gasteiger partial charge in [0.2, 0.25) is 0 Å². The van der Waals surface area contributed by atoms with Crippen LogP contribution in [0.2, 0.25) is 0 Å². The van der Waals surface area contributed by atoms with Gasteiger partial charge in [-0.2, -0.15) is 5.10 Å². The lowest BCUT2D eigenvalue weighted by Gasteiger charge is -2.30. The van der Waals surface area contributed by atoms with Gasteiger partial charge >= 0.3 is 0 Å². The lowest BCUT2D eigenvalue weighted by Crippen LogP contribution is -2.35. The van der Waals surface area contributed by atoms with E-state index in [0.29, 0.717) is 12.5 Å². The summed E-state index contributed by atoms with van der Waals surface area (Å²) in [6.45, 7) is 9.34. The summed E-state index contributed by atoms with van der Waals surface area (Å²) in [6, 6.07) is 1.74. The fourth-order valence-electron chi connectivity index (χ4n) is 2.65. The predicted octanol–water partition coefficient (Wildman–Crippen LogP) is 3.29. The van der Waals surface area contributed by atoms with Gasteiger partial charge in [0.1, 0.15) is 0 Å². The zero-order valence-electron chi connectivity index (χ0n) is 13.3. The maximum atomic E-state index is 12.3. The van der Waals surface area contributed by atoms with E-state index < -0.39 is 0 Å². The minimum atomic E-state index is 0.00766. The molecule has 0 spiro atoms. The highest BCUT2D eigenvalue weighted by molar-refractivity contribution is 9.09. The molecule has 4 nitrogen and oxygen atoms in total. The number of hydrogen-bond acceptors (Lipinski definition) is 3. The molecule has 0 saturated carbocycles. The standard InChI is InChI=1S/C16H26BrN3O/c1-16(2,3)13(10-17)12-20-15(21)9-14(11-18-20)19-7-5-4-6-8-19/h9,11,13H,4-8,10,12H2,1-3H3. The molecule has 1 fully saturated rings. The van der Waals surface area contributed by atoms with Crippen molar-refractivity contribution in [1.82, 2.24) is 9.78 Å². The highest BCUT2D eigenvalue weighted by atomic mass is 79.9. The number of aromatic nitrogens is 2. The van der Waals surface area contributed by atoms with Crippen LogP contribution in [-0.2, 0) is 6.54 Å². The fraction of sp³-hybridized carbons (Fsp3) is 0.750. The van der Waals surface area contributed by atoms with Gasteiger partial charge in [0.05, 0.1) is 11.9 Å². The van der Waals surface area contributed by atoms with E-state index in [1.807, 2.05) is 6.20 Å². The van der Waals surface area contributed by atoms with Gasteiger partial charge in [0.15, 0.2) is 0 Å². The quantitative estimate of drug-likeness (QED) is 0.777. The van der Waals surface area contributed by atoms with E-state index in [4.69, 9.17) is 0 Å². The van der Waals surface area contributed by atoms with E-state index in [1.54, 1.807) is 10.7 Å². The molecule has 0 aromatic carbocycles. The van der Waals surface area contributed by atoms with Crippen LogP contribution in [0.1, 0.15) is 40.0 Å². The van der Waals surface area contributed by atoms with Crippen molar-refractivity contribution in [3.05, 3.63) is 22.6 Å². The first-order chi connectivity index (χ1) is 9.91. The molecule has 0 radical (unpaired) electrons. The van der Waals surface area contributed by atoms with Crippen LogP contribution in [-0.4, -0.2) is 28.2 Å². The maximum absolute atomic E-state index is 12.3. The van der Waals surface area contributed by atoms with Crippen molar-refractivity contribution in [1.29, 1.82) is 0 Å². The number of nitrogens with zero attached hydrogens (tertiary/aromatic N) is 3. The highest BCUT2D eigenvalue weighted by Crippen LogP contribution is 2.28. The van der Waals surface area contributed by atoms with Crippen LogP contribution in [0.25, 0.3) is 0 Å². The zero-order valence-corrected chi connectivity index (χ0v) is 14.9. The van der Waals surface area contributed by atoms with E-state index in [9.17, 15) is 4.79 Å². The maximum Gasteiger partial charge on any atom is 0.268 e. The van der Waals surface area contributed by atoms with Gasteiger partial charge < -0.3 is 4.90 Å². The largest absolute Gasteiger partial charge is 0.370 e. The van der Waals surface area contributed by atoms with E-state index in [-0.39, 0.29) is 11.0 Å². The zero-order chi connectivity index (χ0) is 15.5. The molecule has 0 aliphatic carbocycles. The average molecular weight is 356 g/mol. The Kier molecular flexibility index (Phi) is 5.47. The van der Waals surface area contributed by atoms with E-state index >= 15 is 0 Å². The Morgan fingerprint density at radius 3 is 2.48 bits per heavy atom. The molecule has 1 aliphatic rings. The Balaban J connectivity index is 2.13. The summed E-state index contributed by atoms with van der Waals surface area (Å²) in [7, 11) is 0. The summed E-state index contributed by atoms with van der Waals surface area (Å²) in [6.07, 6.45) is 5.55. The third-order valence-electron chi connectivity index (χ3n) is 4.38. The van der Waals surface area contributed by atoms with Crippen molar-refractivity contribution < 1.29 is 0 Å². The molecule has 1 aliphatic heterocycles. The van der Waals surface area contributed by atoms with E-state index in [1.165, 1.54) is 19.3 Å². The second-order valence-corrected chi connectivity index (χ2v) is 7.65. The normalized spacial score (nSPS) is 17.8. The van der Waals surface area contributed by atoms with Crippen LogP contribution in [0.4, 0.5) is 5.69 Å². The Labute approximate surface area is 135 Å². The van der Waals surface area contributed by atoms with Crippen molar-refractivity contribution in [3.8, 4) is 0 Å². The molecule has 2 rings (SSSR count). The SMILES string of the molecule is CC(C)(C)C(CBr)Cn1ncc(N2CCCCC2)cc1=O. The lowest BCUT2D eigenvalue weighted by atomic mass is 9.82. The van der Waals surface area contributed by atoms with Crippen molar-refractivity contribution in [2.75, 3.05) is 23.3 Å². The molecule has 1 atom stereocenters. The first kappa shape index (κ1) is 16.5. The monoisotopic (exact) mass is 355 g/mol. The van der Waals surface area contributed by atoms with Gasteiger partial charge in [0.25, 0.3) is 5.56 Å². The molecule has 1 aromatic rings. The van der Waals surface area contributed by atoms with Crippen molar-refractivity contribution in [2.24, 2.45) is 11.3 Å². The Bertz CT molecular complexity index is 515. The van der Waals surface area contributed by atoms with Crippen molar-refractivity contribution in [2.45, 2.75) is 46.6 Å². The summed E-state index contributed by atoms with van der Waals surface area (Å²) >= 11 is 3.56. The van der Waals surface area contributed by atoms with E-state index in [0.717, 1.165) is 24.1 Å². The Hall–Kier alpha value is -0.840. The van der Waals surface area contributed by atoms with Gasteiger partial charge in [-0.1, -0.05) is 36.7 Å². The topological polar surface area (TPSA) is 38.1 Å². The molecular weight excluding hydrogens is 330 g/mol. The fourth-order valence-corrected chi connectivity index (χ4v) is 3.83. The molecule has 0 bridgehead atoms. The van der Waals surface area contributed by atoms with Gasteiger partial charge in [0, 0.05) is 31.0 Å². The molecule has 1 saturated heterocycles. The van der Waals surface area contributed by atoms with Crippen LogP contribution >= 0.6 is 15.9 Å². The lowest BCUT2D eigenvalue weighted by molar-refractivity contribution is 0.228. The average Bonchev–Trinajstić information content (AvgIpc) is 2.45. The summed E-state index contributed by atoms with van der Waals surface area (Å²) in [5.74, 6) is 0.378. The summed E-state index contributed by atoms with van der Waals surface area (Å²) in [5.41, 5.74) is 1.13. The van der Waals surface area contributed by atoms with Crippen LogP contribution in [0.15, 0.2) is 17.1 Å². The van der Waals surface area contributed by atoms with Crippen molar-refractivity contribution >= 4 is 21.6 Å². The van der Waals surface area contributed by atoms with Gasteiger partial charge in [-0.15, -0.1) is 0 Å². The first-order valence-electron chi connectivity index (χ1n) is 7.80. The number of anilines is 1. The third kappa shape index (κ3) is 4.31. The second-order valence-electron chi connectivity index (χ2n) is 7.00. The molecule has 2 heterocycles. The third-order valence-corrected chi connectivity index (χ3v) is 5.16. The predicted molar refractivity (Wildman–Crippen MR) is 91.3 cm³/mol. The van der Waals surface area contributed by atoms with Crippen LogP contribution in [0, 0.1) is 11.3 Å². The summed E-state index contributed by atoms with van der Waals surface area (Å²) in [4.78, 5) is 14.6. The van der Waals surface area contributed by atoms with Gasteiger partial charge in [-0.05, 0) is 30.6 Å². The number of rotatable bonds is 4. The first-order valence-corrected chi connectivity index (χ1v) is 8.92. The Morgan fingerprint density at radius 1 is 1.29 bits per heavy atom. The van der Waals surface area contributed by atoms with Crippen LogP contribution in [0.3, 0.4) is 0 Å². The number of halogens is 1. The van der Waals surface area contributed by atoms with Gasteiger partial charge in [-0.25, -0.2) is 4.68 Å². The minimum absolute atomic E-state index is 0.00766. The van der Waals surface area contributed by atoms with Crippen LogP contribution < -0.4 is 10.5 Å². The molecule has 1 unspecified atom stereocenters. The number of piperidine rings is 1. The molecule has 118 valence electrons. The Morgan fingerprint density at radius 2 is 1.95 bits per heavy atom. The van der Waals surface area contributed by atoms with Crippen LogP contribution in [0.5, 0.6) is 0 Å². The van der Waals surface area contributed by atoms with E-state index in [2.05, 4.69) is 46.7 Å². The summed E-state index contributed by atoms with van der Waals surface area (Å²) in [5, 5.41) is 5.27. The molecule has 5 heteroatoms.